The average Bonchev–Trinajstić information content (AvgIpc) is 2.60. The second kappa shape index (κ2) is 8.19. The molecule has 0 bridgehead atoms. The number of pyridine rings is 1. The topological polar surface area (TPSA) is 117 Å². The Kier molecular flexibility index (Phi) is 6.24. The van der Waals surface area contributed by atoms with Crippen molar-refractivity contribution >= 4 is 16.0 Å². The third-order valence-electron chi connectivity index (χ3n) is 3.74. The van der Waals surface area contributed by atoms with Gasteiger partial charge in [0.2, 0.25) is 10.0 Å². The molecule has 134 valence electrons. The molecule has 1 heterocycles. The zero-order valence-electron chi connectivity index (χ0n) is 13.7. The number of benzene rings is 1. The van der Waals surface area contributed by atoms with Crippen molar-refractivity contribution in [3.05, 3.63) is 59.9 Å². The summed E-state index contributed by atoms with van der Waals surface area (Å²) in [5.41, 5.74) is 1.42. The minimum absolute atomic E-state index is 0.0215. The van der Waals surface area contributed by atoms with E-state index in [1.54, 1.807) is 43.6 Å². The van der Waals surface area contributed by atoms with Crippen molar-refractivity contribution < 1.29 is 23.4 Å². The number of hydrogen-bond donors (Lipinski definition) is 3. The Morgan fingerprint density at radius 1 is 1.24 bits per heavy atom. The Bertz CT molecular complexity index is 807. The summed E-state index contributed by atoms with van der Waals surface area (Å²) in [6, 6.07) is 8.29. The highest BCUT2D eigenvalue weighted by Crippen LogP contribution is 2.19. The molecule has 1 aromatic heterocycles. The number of aromatic nitrogens is 1. The molecule has 0 aliphatic carbocycles. The van der Waals surface area contributed by atoms with Crippen LogP contribution < -0.4 is 4.72 Å². The summed E-state index contributed by atoms with van der Waals surface area (Å²) < 4.78 is 26.6. The van der Waals surface area contributed by atoms with Gasteiger partial charge in [-0.15, -0.1) is 0 Å². The van der Waals surface area contributed by atoms with E-state index in [9.17, 15) is 18.3 Å². The lowest BCUT2D eigenvalue weighted by molar-refractivity contribution is -0.139. The summed E-state index contributed by atoms with van der Waals surface area (Å²) in [7, 11) is -3.92. The van der Waals surface area contributed by atoms with Crippen molar-refractivity contribution in [2.24, 2.45) is 0 Å². The van der Waals surface area contributed by atoms with Crippen LogP contribution in [0.1, 0.15) is 30.6 Å². The maximum Gasteiger partial charge on any atom is 0.321 e. The normalized spacial score (nSPS) is 14.0. The van der Waals surface area contributed by atoms with E-state index in [1.807, 2.05) is 0 Å². The predicted octanol–water partition coefficient (Wildman–Crippen LogP) is 1.50. The number of sulfonamides is 1. The van der Waals surface area contributed by atoms with Gasteiger partial charge in [-0.3, -0.25) is 9.78 Å². The first-order valence-corrected chi connectivity index (χ1v) is 9.24. The van der Waals surface area contributed by atoms with Crippen molar-refractivity contribution in [1.29, 1.82) is 0 Å². The largest absolute Gasteiger partial charge is 0.480 e. The summed E-state index contributed by atoms with van der Waals surface area (Å²) >= 11 is 0. The first-order chi connectivity index (χ1) is 11.8. The summed E-state index contributed by atoms with van der Waals surface area (Å²) in [6.45, 7) is 1.59. The molecular formula is C17H20N2O5S. The van der Waals surface area contributed by atoms with Crippen LogP contribution in [0.4, 0.5) is 0 Å². The van der Waals surface area contributed by atoms with Crippen LogP contribution in [0, 0.1) is 0 Å². The van der Waals surface area contributed by atoms with Crippen LogP contribution in [-0.4, -0.2) is 35.6 Å². The molecule has 0 saturated heterocycles. The van der Waals surface area contributed by atoms with Crippen molar-refractivity contribution in [3.8, 4) is 0 Å². The fraction of sp³-hybridized carbons (Fsp3) is 0.294. The van der Waals surface area contributed by atoms with E-state index in [-0.39, 0.29) is 11.3 Å². The number of rotatable bonds is 8. The highest BCUT2D eigenvalue weighted by atomic mass is 32.2. The third-order valence-corrected chi connectivity index (χ3v) is 5.22. The maximum atomic E-state index is 12.2. The van der Waals surface area contributed by atoms with E-state index >= 15 is 0 Å². The Morgan fingerprint density at radius 3 is 2.44 bits per heavy atom. The zero-order valence-corrected chi connectivity index (χ0v) is 14.5. The van der Waals surface area contributed by atoms with Gasteiger partial charge in [-0.1, -0.05) is 25.1 Å². The Hall–Kier alpha value is -2.29. The van der Waals surface area contributed by atoms with Crippen LogP contribution in [0.25, 0.3) is 0 Å². The molecule has 0 amide bonds. The molecule has 0 aliphatic heterocycles. The van der Waals surface area contributed by atoms with E-state index < -0.39 is 28.1 Å². The van der Waals surface area contributed by atoms with Crippen LogP contribution in [0.3, 0.4) is 0 Å². The van der Waals surface area contributed by atoms with Crippen molar-refractivity contribution in [1.82, 2.24) is 9.71 Å². The number of carbonyl (C=O) groups is 1. The number of nitrogens with zero attached hydrogens (tertiary/aromatic N) is 1. The molecular weight excluding hydrogens is 344 g/mol. The van der Waals surface area contributed by atoms with Gasteiger partial charge < -0.3 is 10.2 Å². The molecule has 3 N–H and O–H groups in total. The lowest BCUT2D eigenvalue weighted by atomic mass is 10.0. The Morgan fingerprint density at radius 2 is 1.92 bits per heavy atom. The van der Waals surface area contributed by atoms with Crippen molar-refractivity contribution in [3.63, 3.8) is 0 Å². The van der Waals surface area contributed by atoms with Crippen LogP contribution in [0.5, 0.6) is 0 Å². The standard InChI is InChI=1S/C17H20N2O5S/c1-2-15(17(21)22)19-25(23,24)14-7-5-12(6-8-14)10-16(20)13-4-3-9-18-11-13/h3-9,11,15-16,19-20H,2,10H2,1H3,(H,21,22)/t15-,16?/m1/s1. The molecule has 2 rings (SSSR count). The second-order valence-electron chi connectivity index (χ2n) is 5.57. The lowest BCUT2D eigenvalue weighted by Gasteiger charge is -2.14. The number of aliphatic hydroxyl groups excluding tert-OH is 1. The Balaban J connectivity index is 2.10. The molecule has 0 aliphatic rings. The lowest BCUT2D eigenvalue weighted by Crippen LogP contribution is -2.40. The van der Waals surface area contributed by atoms with Crippen LogP contribution >= 0.6 is 0 Å². The van der Waals surface area contributed by atoms with Gasteiger partial charge >= 0.3 is 5.97 Å². The minimum atomic E-state index is -3.92. The van der Waals surface area contributed by atoms with Gasteiger partial charge in [0.15, 0.2) is 0 Å². The van der Waals surface area contributed by atoms with Crippen LogP contribution in [0.15, 0.2) is 53.7 Å². The molecule has 2 atom stereocenters. The molecule has 0 radical (unpaired) electrons. The van der Waals surface area contributed by atoms with Crippen LogP contribution in [0.2, 0.25) is 0 Å². The molecule has 1 aromatic carbocycles. The first-order valence-electron chi connectivity index (χ1n) is 7.75. The highest BCUT2D eigenvalue weighted by Gasteiger charge is 2.23. The Labute approximate surface area is 146 Å². The molecule has 1 unspecified atom stereocenters. The van der Waals surface area contributed by atoms with Gasteiger partial charge in [0, 0.05) is 18.8 Å². The number of hydrogen-bond acceptors (Lipinski definition) is 5. The number of carboxylic acids is 1. The van der Waals surface area contributed by atoms with E-state index in [1.165, 1.54) is 12.1 Å². The monoisotopic (exact) mass is 364 g/mol. The number of aliphatic hydroxyl groups is 1. The minimum Gasteiger partial charge on any atom is -0.480 e. The first kappa shape index (κ1) is 19.0. The fourth-order valence-electron chi connectivity index (χ4n) is 2.28. The number of aliphatic carboxylic acids is 1. The van der Waals surface area contributed by atoms with Gasteiger partial charge in [-0.25, -0.2) is 8.42 Å². The molecule has 0 fully saturated rings. The summed E-state index contributed by atoms with van der Waals surface area (Å²) in [4.78, 5) is 14.9. The van der Waals surface area contributed by atoms with Gasteiger partial charge in [-0.05, 0) is 35.7 Å². The average molecular weight is 364 g/mol. The fourth-order valence-corrected chi connectivity index (χ4v) is 3.56. The molecule has 8 heteroatoms. The number of carboxylic acid groups (broad SMARTS) is 1. The smallest absolute Gasteiger partial charge is 0.321 e. The second-order valence-corrected chi connectivity index (χ2v) is 7.28. The summed E-state index contributed by atoms with van der Waals surface area (Å²) in [5.74, 6) is -1.22. The van der Waals surface area contributed by atoms with Gasteiger partial charge in [0.05, 0.1) is 11.0 Å². The molecule has 7 nitrogen and oxygen atoms in total. The predicted molar refractivity (Wildman–Crippen MR) is 91.4 cm³/mol. The molecule has 2 aromatic rings. The zero-order chi connectivity index (χ0) is 18.4. The van der Waals surface area contributed by atoms with E-state index in [2.05, 4.69) is 9.71 Å². The highest BCUT2D eigenvalue weighted by molar-refractivity contribution is 7.89. The van der Waals surface area contributed by atoms with Gasteiger partial charge in [-0.2, -0.15) is 4.72 Å². The number of nitrogens with one attached hydrogen (secondary N) is 1. The summed E-state index contributed by atoms with van der Waals surface area (Å²) in [6.07, 6.45) is 2.90. The van der Waals surface area contributed by atoms with E-state index in [4.69, 9.17) is 5.11 Å². The van der Waals surface area contributed by atoms with Crippen molar-refractivity contribution in [2.45, 2.75) is 36.8 Å². The van der Waals surface area contributed by atoms with Crippen molar-refractivity contribution in [2.75, 3.05) is 0 Å². The van der Waals surface area contributed by atoms with Gasteiger partial charge in [0.25, 0.3) is 0 Å². The molecule has 0 saturated carbocycles. The van der Waals surface area contributed by atoms with E-state index in [0.29, 0.717) is 12.0 Å². The molecule has 25 heavy (non-hydrogen) atoms. The van der Waals surface area contributed by atoms with E-state index in [0.717, 1.165) is 5.56 Å². The SMILES string of the molecule is CC[C@@H](NS(=O)(=O)c1ccc(CC(O)c2cccnc2)cc1)C(=O)O. The van der Waals surface area contributed by atoms with Gasteiger partial charge in [0.1, 0.15) is 6.04 Å². The molecule has 0 spiro atoms. The quantitative estimate of drug-likeness (QED) is 0.653. The summed E-state index contributed by atoms with van der Waals surface area (Å²) in [5, 5.41) is 19.2. The maximum absolute atomic E-state index is 12.2. The third kappa shape index (κ3) is 5.09. The van der Waals surface area contributed by atoms with Crippen LogP contribution in [-0.2, 0) is 21.2 Å².